The highest BCUT2D eigenvalue weighted by atomic mass is 16.4. The highest BCUT2D eigenvalue weighted by Crippen LogP contribution is 2.29. The van der Waals surface area contributed by atoms with Gasteiger partial charge in [-0.15, -0.1) is 0 Å². The van der Waals surface area contributed by atoms with Crippen LogP contribution in [0.4, 0.5) is 16.2 Å². The number of amides is 3. The molecule has 3 aromatic rings. The number of carboxylic acids is 1. The van der Waals surface area contributed by atoms with E-state index in [2.05, 4.69) is 10.6 Å². The van der Waals surface area contributed by atoms with Gasteiger partial charge in [0.1, 0.15) is 0 Å². The number of aryl methyl sites for hydroxylation is 2. The van der Waals surface area contributed by atoms with E-state index in [1.807, 2.05) is 85.5 Å². The van der Waals surface area contributed by atoms with E-state index in [0.717, 1.165) is 52.4 Å². The summed E-state index contributed by atoms with van der Waals surface area (Å²) in [6.07, 6.45) is 4.94. The van der Waals surface area contributed by atoms with Crippen LogP contribution in [0.3, 0.4) is 0 Å². The molecule has 3 N–H and O–H groups in total. The number of para-hydroxylation sites is 1. The maximum absolute atomic E-state index is 13.2. The Kier molecular flexibility index (Phi) is 8.03. The van der Waals surface area contributed by atoms with Crippen LogP contribution in [0, 0.1) is 13.8 Å². The van der Waals surface area contributed by atoms with Gasteiger partial charge in [-0.25, -0.2) is 9.59 Å². The van der Waals surface area contributed by atoms with Gasteiger partial charge < -0.3 is 20.6 Å². The van der Waals surface area contributed by atoms with Gasteiger partial charge in [0.15, 0.2) is 0 Å². The Morgan fingerprint density at radius 3 is 2.16 bits per heavy atom. The van der Waals surface area contributed by atoms with Gasteiger partial charge in [-0.1, -0.05) is 54.6 Å². The van der Waals surface area contributed by atoms with Crippen LogP contribution in [0.2, 0.25) is 0 Å². The van der Waals surface area contributed by atoms with Crippen molar-refractivity contribution in [2.45, 2.75) is 45.7 Å². The Labute approximate surface area is 216 Å². The average molecular weight is 498 g/mol. The molecule has 0 unspecified atom stereocenters. The Balaban J connectivity index is 1.37. The van der Waals surface area contributed by atoms with Crippen LogP contribution in [-0.2, 0) is 22.6 Å². The monoisotopic (exact) mass is 497 g/mol. The number of hydrogen-bond donors (Lipinski definition) is 3. The molecule has 1 saturated carbocycles. The molecular formula is C30H31N3O4. The third-order valence-electron chi connectivity index (χ3n) is 6.35. The molecule has 3 amide bonds. The Bertz CT molecular complexity index is 1330. The number of aliphatic carboxylic acids is 1. The van der Waals surface area contributed by atoms with E-state index in [9.17, 15) is 14.4 Å². The molecule has 7 nitrogen and oxygen atoms in total. The van der Waals surface area contributed by atoms with Crippen LogP contribution < -0.4 is 10.6 Å². The fourth-order valence-corrected chi connectivity index (χ4v) is 4.15. The van der Waals surface area contributed by atoms with Crippen LogP contribution in [0.25, 0.3) is 6.08 Å². The number of carboxylic acid groups (broad SMARTS) is 1. The summed E-state index contributed by atoms with van der Waals surface area (Å²) in [5.41, 5.74) is 6.01. The lowest BCUT2D eigenvalue weighted by Crippen LogP contribution is -2.33. The predicted molar refractivity (Wildman–Crippen MR) is 145 cm³/mol. The van der Waals surface area contributed by atoms with Crippen LogP contribution in [0.1, 0.15) is 40.7 Å². The number of rotatable bonds is 9. The first-order valence-electron chi connectivity index (χ1n) is 12.3. The normalized spacial score (nSPS) is 12.8. The number of nitrogens with one attached hydrogen (secondary N) is 2. The number of nitrogens with zero attached hydrogens (tertiary/aromatic N) is 1. The molecule has 0 atom stereocenters. The average Bonchev–Trinajstić information content (AvgIpc) is 3.70. The molecule has 0 saturated heterocycles. The van der Waals surface area contributed by atoms with E-state index < -0.39 is 5.97 Å². The van der Waals surface area contributed by atoms with Gasteiger partial charge in [-0.2, -0.15) is 0 Å². The van der Waals surface area contributed by atoms with Crippen molar-refractivity contribution in [1.29, 1.82) is 0 Å². The van der Waals surface area contributed by atoms with Crippen molar-refractivity contribution in [2.75, 3.05) is 10.6 Å². The number of carbonyl (C=O) groups is 3. The van der Waals surface area contributed by atoms with Gasteiger partial charge in [-0.3, -0.25) is 4.79 Å². The molecule has 0 aliphatic heterocycles. The zero-order valence-electron chi connectivity index (χ0n) is 21.0. The minimum atomic E-state index is -0.987. The maximum Gasteiger partial charge on any atom is 0.328 e. The summed E-state index contributed by atoms with van der Waals surface area (Å²) in [6.45, 7) is 4.37. The van der Waals surface area contributed by atoms with Gasteiger partial charge in [0.2, 0.25) is 5.91 Å². The second-order valence-corrected chi connectivity index (χ2v) is 9.39. The molecule has 0 bridgehead atoms. The molecule has 1 fully saturated rings. The van der Waals surface area contributed by atoms with E-state index in [0.29, 0.717) is 12.2 Å². The molecule has 0 aromatic heterocycles. The standard InChI is InChI=1S/C30H31N3O4/c1-20-5-3-4-6-26(20)31-30(37)32-27-15-11-24(17-21(27)2)18-28(34)33(25-13-14-25)19-23-9-7-22(8-10-23)12-16-29(35)36/h3-12,15-17,25H,13-14,18-19H2,1-2H3,(H,35,36)(H2,31,32,37). The van der Waals surface area contributed by atoms with Gasteiger partial charge in [-0.05, 0) is 72.7 Å². The number of carbonyl (C=O) groups excluding carboxylic acids is 2. The minimum absolute atomic E-state index is 0.0646. The fourth-order valence-electron chi connectivity index (χ4n) is 4.15. The molecule has 1 aliphatic carbocycles. The third kappa shape index (κ3) is 7.30. The van der Waals surface area contributed by atoms with E-state index in [4.69, 9.17) is 5.11 Å². The van der Waals surface area contributed by atoms with Crippen LogP contribution in [0.5, 0.6) is 0 Å². The summed E-state index contributed by atoms with van der Waals surface area (Å²) in [4.78, 5) is 38.3. The van der Waals surface area contributed by atoms with E-state index >= 15 is 0 Å². The van der Waals surface area contributed by atoms with Crippen LogP contribution >= 0.6 is 0 Å². The first-order valence-corrected chi connectivity index (χ1v) is 12.3. The fraction of sp³-hybridized carbons (Fsp3) is 0.233. The summed E-state index contributed by atoms with van der Waals surface area (Å²) in [6, 6.07) is 20.7. The molecule has 0 heterocycles. The summed E-state index contributed by atoms with van der Waals surface area (Å²) in [5.74, 6) is -0.922. The van der Waals surface area contributed by atoms with Crippen LogP contribution in [0.15, 0.2) is 72.8 Å². The topological polar surface area (TPSA) is 98.7 Å². The van der Waals surface area contributed by atoms with Gasteiger partial charge in [0.05, 0.1) is 6.42 Å². The molecule has 3 aromatic carbocycles. The second-order valence-electron chi connectivity index (χ2n) is 9.39. The second kappa shape index (κ2) is 11.6. The highest BCUT2D eigenvalue weighted by Gasteiger charge is 2.32. The molecule has 4 rings (SSSR count). The molecule has 7 heteroatoms. The Morgan fingerprint density at radius 1 is 0.892 bits per heavy atom. The molecular weight excluding hydrogens is 466 g/mol. The summed E-state index contributed by atoms with van der Waals surface area (Å²) in [5, 5.41) is 14.5. The van der Waals surface area contributed by atoms with Gasteiger partial charge in [0, 0.05) is 30.0 Å². The SMILES string of the molecule is Cc1ccccc1NC(=O)Nc1ccc(CC(=O)N(Cc2ccc(C=CC(=O)O)cc2)C2CC2)cc1C. The first kappa shape index (κ1) is 25.7. The number of benzene rings is 3. The molecule has 0 radical (unpaired) electrons. The van der Waals surface area contributed by atoms with Crippen molar-refractivity contribution in [3.05, 3.63) is 101 Å². The van der Waals surface area contributed by atoms with Crippen molar-refractivity contribution >= 4 is 35.4 Å². The summed E-state index contributed by atoms with van der Waals surface area (Å²) >= 11 is 0. The van der Waals surface area contributed by atoms with E-state index in [1.54, 1.807) is 6.08 Å². The lowest BCUT2D eigenvalue weighted by molar-refractivity contribution is -0.132. The van der Waals surface area contributed by atoms with Gasteiger partial charge >= 0.3 is 12.0 Å². The van der Waals surface area contributed by atoms with Crippen LogP contribution in [-0.4, -0.2) is 34.0 Å². The van der Waals surface area contributed by atoms with Crippen molar-refractivity contribution in [1.82, 2.24) is 4.90 Å². The molecule has 0 spiro atoms. The minimum Gasteiger partial charge on any atom is -0.478 e. The smallest absolute Gasteiger partial charge is 0.328 e. The number of hydrogen-bond acceptors (Lipinski definition) is 3. The summed E-state index contributed by atoms with van der Waals surface area (Å²) < 4.78 is 0. The number of anilines is 2. The first-order chi connectivity index (χ1) is 17.8. The van der Waals surface area contributed by atoms with Gasteiger partial charge in [0.25, 0.3) is 0 Å². The Morgan fingerprint density at radius 2 is 1.54 bits per heavy atom. The zero-order chi connectivity index (χ0) is 26.4. The zero-order valence-corrected chi connectivity index (χ0v) is 21.0. The number of urea groups is 1. The van der Waals surface area contributed by atoms with Crippen molar-refractivity contribution in [2.24, 2.45) is 0 Å². The molecule has 190 valence electrons. The van der Waals surface area contributed by atoms with E-state index in [1.165, 1.54) is 0 Å². The summed E-state index contributed by atoms with van der Waals surface area (Å²) in [7, 11) is 0. The Hall–Kier alpha value is -4.39. The quantitative estimate of drug-likeness (QED) is 0.326. The lowest BCUT2D eigenvalue weighted by atomic mass is 10.1. The largest absolute Gasteiger partial charge is 0.478 e. The van der Waals surface area contributed by atoms with E-state index in [-0.39, 0.29) is 24.4 Å². The maximum atomic E-state index is 13.2. The van der Waals surface area contributed by atoms with Crippen molar-refractivity contribution in [3.8, 4) is 0 Å². The molecule has 37 heavy (non-hydrogen) atoms. The predicted octanol–water partition coefficient (Wildman–Crippen LogP) is 5.78. The highest BCUT2D eigenvalue weighted by molar-refractivity contribution is 6.00. The molecule has 1 aliphatic rings. The van der Waals surface area contributed by atoms with Crippen molar-refractivity contribution < 1.29 is 19.5 Å². The lowest BCUT2D eigenvalue weighted by Gasteiger charge is -2.23. The van der Waals surface area contributed by atoms with Crippen molar-refractivity contribution in [3.63, 3.8) is 0 Å². The third-order valence-corrected chi connectivity index (χ3v) is 6.35.